The fourth-order valence-electron chi connectivity index (χ4n) is 2.99. The first kappa shape index (κ1) is 17.4. The maximum Gasteiger partial charge on any atom is 0.222 e. The fraction of sp³-hybridized carbons (Fsp3) is 0.938. The van der Waals surface area contributed by atoms with E-state index in [1.54, 1.807) is 0 Å². The number of hydrogen-bond acceptors (Lipinski definition) is 3. The highest BCUT2D eigenvalue weighted by atomic mass is 16.3. The molecule has 0 aromatic carbocycles. The maximum atomic E-state index is 12.2. The van der Waals surface area contributed by atoms with Crippen molar-refractivity contribution in [3.8, 4) is 0 Å². The average molecular weight is 285 g/mol. The van der Waals surface area contributed by atoms with Crippen LogP contribution in [0.15, 0.2) is 0 Å². The number of likely N-dealkylation sites (tertiary alicyclic amines) is 1. The first-order chi connectivity index (χ1) is 9.69. The highest BCUT2D eigenvalue weighted by Crippen LogP contribution is 2.24. The molecule has 4 nitrogen and oxygen atoms in total. The Labute approximate surface area is 123 Å². The topological polar surface area (TPSA) is 60.8 Å². The molecule has 1 aliphatic rings. The van der Waals surface area contributed by atoms with Gasteiger partial charge < -0.3 is 15.1 Å². The van der Waals surface area contributed by atoms with Crippen molar-refractivity contribution in [2.75, 3.05) is 13.2 Å². The Hall–Kier alpha value is -0.610. The molecule has 1 fully saturated rings. The number of carbonyl (C=O) groups is 1. The summed E-state index contributed by atoms with van der Waals surface area (Å²) >= 11 is 0. The van der Waals surface area contributed by atoms with Crippen LogP contribution in [0.1, 0.15) is 71.1 Å². The molecule has 20 heavy (non-hydrogen) atoms. The summed E-state index contributed by atoms with van der Waals surface area (Å²) in [4.78, 5) is 14.1. The number of nitrogens with zero attached hydrogens (tertiary/aromatic N) is 1. The summed E-state index contributed by atoms with van der Waals surface area (Å²) in [7, 11) is 0. The lowest BCUT2D eigenvalue weighted by molar-refractivity contribution is -0.132. The van der Waals surface area contributed by atoms with E-state index in [1.807, 2.05) is 4.90 Å². The van der Waals surface area contributed by atoms with Crippen LogP contribution in [0.4, 0.5) is 0 Å². The minimum absolute atomic E-state index is 0.211. The third kappa shape index (κ3) is 6.23. The highest BCUT2D eigenvalue weighted by molar-refractivity contribution is 5.76. The van der Waals surface area contributed by atoms with Crippen LogP contribution in [0.2, 0.25) is 0 Å². The zero-order chi connectivity index (χ0) is 14.8. The second-order valence-electron chi connectivity index (χ2n) is 5.97. The minimum atomic E-state index is -0.350. The maximum absolute atomic E-state index is 12.2. The van der Waals surface area contributed by atoms with Crippen LogP contribution in [0, 0.1) is 0 Å². The van der Waals surface area contributed by atoms with Crippen molar-refractivity contribution in [2.24, 2.45) is 0 Å². The molecule has 0 bridgehead atoms. The number of carbonyl (C=O) groups excluding carboxylic acids is 1. The summed E-state index contributed by atoms with van der Waals surface area (Å²) < 4.78 is 0. The van der Waals surface area contributed by atoms with Crippen molar-refractivity contribution >= 4 is 5.91 Å². The molecule has 0 unspecified atom stereocenters. The molecule has 1 aliphatic heterocycles. The van der Waals surface area contributed by atoms with Gasteiger partial charge in [0.1, 0.15) is 0 Å². The molecule has 0 aliphatic carbocycles. The van der Waals surface area contributed by atoms with Gasteiger partial charge in [0.15, 0.2) is 0 Å². The first-order valence-electron chi connectivity index (χ1n) is 8.27. The summed E-state index contributed by atoms with van der Waals surface area (Å²) in [5.41, 5.74) is 0. The molecule has 1 heterocycles. The molecule has 1 amide bonds. The van der Waals surface area contributed by atoms with Gasteiger partial charge in [-0.05, 0) is 25.7 Å². The van der Waals surface area contributed by atoms with E-state index in [4.69, 9.17) is 5.11 Å². The lowest BCUT2D eigenvalue weighted by Crippen LogP contribution is -2.35. The number of unbranched alkanes of at least 4 members (excludes halogenated alkanes) is 5. The summed E-state index contributed by atoms with van der Waals surface area (Å²) in [5, 5.41) is 18.6. The fourth-order valence-corrected chi connectivity index (χ4v) is 2.99. The van der Waals surface area contributed by atoms with Crippen LogP contribution in [-0.4, -0.2) is 46.3 Å². The van der Waals surface area contributed by atoms with Crippen LogP contribution >= 0.6 is 0 Å². The number of aliphatic hydroxyl groups excluding tert-OH is 2. The molecule has 0 spiro atoms. The van der Waals surface area contributed by atoms with Gasteiger partial charge in [-0.1, -0.05) is 39.0 Å². The molecule has 1 rings (SSSR count). The van der Waals surface area contributed by atoms with E-state index in [0.717, 1.165) is 44.9 Å². The molecule has 0 aromatic heterocycles. The van der Waals surface area contributed by atoms with E-state index in [1.165, 1.54) is 12.8 Å². The van der Waals surface area contributed by atoms with E-state index in [0.29, 0.717) is 13.0 Å². The molecule has 0 radical (unpaired) electrons. The Kier molecular flexibility index (Phi) is 8.86. The Morgan fingerprint density at radius 1 is 1.15 bits per heavy atom. The van der Waals surface area contributed by atoms with Crippen molar-refractivity contribution in [3.05, 3.63) is 0 Å². The molecular formula is C16H31NO3. The Morgan fingerprint density at radius 2 is 1.90 bits per heavy atom. The standard InChI is InChI=1S/C16H31NO3/c1-2-3-4-7-10-16(20)17-13-15(19)12-14(17)9-6-5-8-11-18/h14-15,18-19H,2-13H2,1H3/t14-,15-/m1/s1. The monoisotopic (exact) mass is 285 g/mol. The zero-order valence-electron chi connectivity index (χ0n) is 12.9. The summed E-state index contributed by atoms with van der Waals surface area (Å²) in [6.45, 7) is 2.92. The van der Waals surface area contributed by atoms with Gasteiger partial charge in [0, 0.05) is 25.6 Å². The molecule has 2 atom stereocenters. The van der Waals surface area contributed by atoms with Gasteiger partial charge in [-0.15, -0.1) is 0 Å². The molecule has 2 N–H and O–H groups in total. The van der Waals surface area contributed by atoms with E-state index in [9.17, 15) is 9.90 Å². The molecule has 1 saturated heterocycles. The highest BCUT2D eigenvalue weighted by Gasteiger charge is 2.33. The van der Waals surface area contributed by atoms with Gasteiger partial charge in [-0.2, -0.15) is 0 Å². The largest absolute Gasteiger partial charge is 0.396 e. The smallest absolute Gasteiger partial charge is 0.222 e. The number of β-amino-alcohol motifs (C(OH)–C–C–N with tert-alkyl or cyclic N) is 1. The van der Waals surface area contributed by atoms with Gasteiger partial charge in [-0.25, -0.2) is 0 Å². The Bertz CT molecular complexity index is 270. The van der Waals surface area contributed by atoms with Crippen LogP contribution in [-0.2, 0) is 4.79 Å². The molecule has 4 heteroatoms. The lowest BCUT2D eigenvalue weighted by Gasteiger charge is -2.24. The molecule has 118 valence electrons. The van der Waals surface area contributed by atoms with Gasteiger partial charge in [0.05, 0.1) is 6.10 Å². The number of aliphatic hydroxyl groups is 2. The SMILES string of the molecule is CCCCCCC(=O)N1C[C@H](O)C[C@H]1CCCCCO. The minimum Gasteiger partial charge on any atom is -0.396 e. The van der Waals surface area contributed by atoms with Crippen molar-refractivity contribution < 1.29 is 15.0 Å². The normalized spacial score (nSPS) is 22.4. The van der Waals surface area contributed by atoms with Crippen molar-refractivity contribution in [1.29, 1.82) is 0 Å². The Balaban J connectivity index is 2.30. The van der Waals surface area contributed by atoms with E-state index < -0.39 is 0 Å². The third-order valence-corrected chi connectivity index (χ3v) is 4.15. The van der Waals surface area contributed by atoms with Crippen LogP contribution in [0.5, 0.6) is 0 Å². The molecule has 0 saturated carbocycles. The first-order valence-corrected chi connectivity index (χ1v) is 8.27. The van der Waals surface area contributed by atoms with E-state index in [-0.39, 0.29) is 24.7 Å². The molecule has 0 aromatic rings. The number of rotatable bonds is 10. The summed E-state index contributed by atoms with van der Waals surface area (Å²) in [6.07, 6.45) is 9.29. The van der Waals surface area contributed by atoms with Crippen molar-refractivity contribution in [2.45, 2.75) is 83.3 Å². The third-order valence-electron chi connectivity index (χ3n) is 4.15. The van der Waals surface area contributed by atoms with Crippen molar-refractivity contribution in [1.82, 2.24) is 4.90 Å². The zero-order valence-corrected chi connectivity index (χ0v) is 12.9. The predicted molar refractivity (Wildman–Crippen MR) is 80.4 cm³/mol. The van der Waals surface area contributed by atoms with Crippen LogP contribution in [0.25, 0.3) is 0 Å². The average Bonchev–Trinajstić information content (AvgIpc) is 2.81. The van der Waals surface area contributed by atoms with Gasteiger partial charge >= 0.3 is 0 Å². The predicted octanol–water partition coefficient (Wildman–Crippen LogP) is 2.47. The second kappa shape index (κ2) is 10.2. The van der Waals surface area contributed by atoms with E-state index >= 15 is 0 Å². The van der Waals surface area contributed by atoms with Crippen LogP contribution < -0.4 is 0 Å². The van der Waals surface area contributed by atoms with Gasteiger partial charge in [-0.3, -0.25) is 4.79 Å². The second-order valence-corrected chi connectivity index (χ2v) is 5.97. The summed E-state index contributed by atoms with van der Waals surface area (Å²) in [6, 6.07) is 0.211. The van der Waals surface area contributed by atoms with Gasteiger partial charge in [0.25, 0.3) is 0 Å². The van der Waals surface area contributed by atoms with Crippen molar-refractivity contribution in [3.63, 3.8) is 0 Å². The molecular weight excluding hydrogens is 254 g/mol. The number of amides is 1. The van der Waals surface area contributed by atoms with Gasteiger partial charge in [0.2, 0.25) is 5.91 Å². The quantitative estimate of drug-likeness (QED) is 0.606. The van der Waals surface area contributed by atoms with Crippen LogP contribution in [0.3, 0.4) is 0 Å². The summed E-state index contributed by atoms with van der Waals surface area (Å²) in [5.74, 6) is 0.213. The Morgan fingerprint density at radius 3 is 2.60 bits per heavy atom. The number of hydrogen-bond donors (Lipinski definition) is 2. The van der Waals surface area contributed by atoms with E-state index in [2.05, 4.69) is 6.92 Å². The lowest BCUT2D eigenvalue weighted by atomic mass is 10.0.